The smallest absolute Gasteiger partial charge is 0.320 e. The fourth-order valence-electron chi connectivity index (χ4n) is 2.55. The zero-order chi connectivity index (χ0) is 26.2. The fraction of sp³-hybridized carbons (Fsp3) is 0.294. The lowest BCUT2D eigenvalue weighted by Crippen LogP contribution is -2.34. The normalized spacial score (nSPS) is 12.4. The molecule has 2 aromatic carbocycles. The van der Waals surface area contributed by atoms with E-state index in [2.05, 4.69) is 10.3 Å². The van der Waals surface area contributed by atoms with Crippen molar-refractivity contribution in [3.63, 3.8) is 0 Å². The standard InChI is InChI=1S/C10H6N2O8S.C7H16N4O2/c13-10-7-3-5(21(18,19)20)1-2-6(7)8(11(14)15)4-9(10)12(16)17;1-10-7(9)11-4-2-3-5(8)6(12)13/h1-4,13H,(H,18,19,20);5H,2-4,8H2,1H3,(H,12,13)(H3,9,10,11)/t;5-/m.0/s1. The van der Waals surface area contributed by atoms with Gasteiger partial charge in [0.1, 0.15) is 6.04 Å². The summed E-state index contributed by atoms with van der Waals surface area (Å²) in [6.45, 7) is 0.587. The molecule has 17 heteroatoms. The van der Waals surface area contributed by atoms with Crippen molar-refractivity contribution in [3.05, 3.63) is 44.5 Å². The molecule has 0 radical (unpaired) electrons. The lowest BCUT2D eigenvalue weighted by Gasteiger charge is -2.07. The van der Waals surface area contributed by atoms with Gasteiger partial charge in [0.2, 0.25) is 5.75 Å². The van der Waals surface area contributed by atoms with E-state index in [1.165, 1.54) is 0 Å². The number of aliphatic carboxylic acids is 1. The maximum atomic E-state index is 11.0. The van der Waals surface area contributed by atoms with E-state index < -0.39 is 59.4 Å². The summed E-state index contributed by atoms with van der Waals surface area (Å²) in [6.07, 6.45) is 1.09. The second kappa shape index (κ2) is 11.7. The largest absolute Gasteiger partial charge is 0.502 e. The molecule has 0 saturated carbocycles. The Labute approximate surface area is 191 Å². The Morgan fingerprint density at radius 2 is 1.76 bits per heavy atom. The van der Waals surface area contributed by atoms with Gasteiger partial charge in [0.15, 0.2) is 5.96 Å². The Bertz CT molecular complexity index is 1230. The van der Waals surface area contributed by atoms with Crippen LogP contribution >= 0.6 is 0 Å². The number of nitrogens with two attached hydrogens (primary N) is 2. The van der Waals surface area contributed by atoms with Crippen LogP contribution in [0.2, 0.25) is 0 Å². The van der Waals surface area contributed by atoms with Gasteiger partial charge >= 0.3 is 11.7 Å². The van der Waals surface area contributed by atoms with Crippen molar-refractivity contribution >= 4 is 44.2 Å². The number of nitro benzene ring substituents is 2. The van der Waals surface area contributed by atoms with Gasteiger partial charge in [-0.25, -0.2) is 0 Å². The number of non-ortho nitro benzene ring substituents is 1. The number of carboxylic acid groups (broad SMARTS) is 1. The van der Waals surface area contributed by atoms with E-state index in [1.807, 2.05) is 0 Å². The lowest BCUT2D eigenvalue weighted by atomic mass is 10.1. The highest BCUT2D eigenvalue weighted by atomic mass is 32.2. The Morgan fingerprint density at radius 3 is 2.24 bits per heavy atom. The number of aliphatic imine (C=N–C) groups is 1. The Morgan fingerprint density at radius 1 is 1.18 bits per heavy atom. The van der Waals surface area contributed by atoms with Gasteiger partial charge in [-0.2, -0.15) is 8.42 Å². The second-order valence-corrected chi connectivity index (χ2v) is 8.00. The van der Waals surface area contributed by atoms with Gasteiger partial charge in [-0.3, -0.25) is 34.6 Å². The quantitative estimate of drug-likeness (QED) is 0.0709. The van der Waals surface area contributed by atoms with Crippen LogP contribution in [0.4, 0.5) is 11.4 Å². The highest BCUT2D eigenvalue weighted by molar-refractivity contribution is 7.85. The van der Waals surface area contributed by atoms with Gasteiger partial charge in [-0.05, 0) is 31.0 Å². The number of benzene rings is 2. The number of rotatable bonds is 8. The third-order valence-corrected chi connectivity index (χ3v) is 5.14. The molecule has 16 nitrogen and oxygen atoms in total. The maximum Gasteiger partial charge on any atom is 0.320 e. The SMILES string of the molecule is CN=C(N)NCCC[C@H](N)C(=O)O.O=[N+]([O-])c1cc([N+](=O)[O-])c2ccc(S(=O)(=O)O)cc2c1O. The van der Waals surface area contributed by atoms with Crippen molar-refractivity contribution in [2.75, 3.05) is 13.6 Å². The summed E-state index contributed by atoms with van der Waals surface area (Å²) in [5.74, 6) is -1.55. The van der Waals surface area contributed by atoms with Crippen molar-refractivity contribution in [3.8, 4) is 5.75 Å². The first-order valence-electron chi connectivity index (χ1n) is 9.21. The minimum Gasteiger partial charge on any atom is -0.502 e. The van der Waals surface area contributed by atoms with E-state index in [4.69, 9.17) is 21.1 Å². The first-order valence-corrected chi connectivity index (χ1v) is 10.6. The van der Waals surface area contributed by atoms with Crippen LogP contribution in [0.5, 0.6) is 5.75 Å². The number of phenols is 1. The van der Waals surface area contributed by atoms with Crippen molar-refractivity contribution in [1.82, 2.24) is 5.32 Å². The average molecular weight is 502 g/mol. The van der Waals surface area contributed by atoms with Crippen LogP contribution in [-0.4, -0.2) is 64.6 Å². The topological polar surface area (TPSA) is 275 Å². The summed E-state index contributed by atoms with van der Waals surface area (Å²) in [6, 6.07) is 2.36. The number of hydrogen-bond acceptors (Lipinski definition) is 10. The molecule has 34 heavy (non-hydrogen) atoms. The summed E-state index contributed by atoms with van der Waals surface area (Å²) in [7, 11) is -3.05. The molecule has 0 aliphatic heterocycles. The molecule has 2 aromatic rings. The molecule has 0 aromatic heterocycles. The Balaban J connectivity index is 0.000000385. The molecule has 0 bridgehead atoms. The van der Waals surface area contributed by atoms with Crippen LogP contribution in [0.1, 0.15) is 12.8 Å². The molecule has 0 unspecified atom stereocenters. The zero-order valence-electron chi connectivity index (χ0n) is 17.6. The second-order valence-electron chi connectivity index (χ2n) is 6.58. The molecule has 0 fully saturated rings. The van der Waals surface area contributed by atoms with Crippen LogP contribution in [0.3, 0.4) is 0 Å². The maximum absolute atomic E-state index is 11.0. The van der Waals surface area contributed by atoms with E-state index in [1.54, 1.807) is 7.05 Å². The molecule has 2 rings (SSSR count). The number of guanidine groups is 1. The number of nitrogens with zero attached hydrogens (tertiary/aromatic N) is 3. The van der Waals surface area contributed by atoms with E-state index in [0.717, 1.165) is 18.2 Å². The Kier molecular flexibility index (Phi) is 9.60. The molecule has 0 aliphatic rings. The van der Waals surface area contributed by atoms with Gasteiger partial charge in [0.05, 0.1) is 26.2 Å². The molecular weight excluding hydrogens is 480 g/mol. The van der Waals surface area contributed by atoms with Crippen molar-refractivity contribution < 1.29 is 37.8 Å². The van der Waals surface area contributed by atoms with Crippen LogP contribution in [-0.2, 0) is 14.9 Å². The number of aromatic hydroxyl groups is 1. The summed E-state index contributed by atoms with van der Waals surface area (Å²) in [5, 5.41) is 42.1. The van der Waals surface area contributed by atoms with Gasteiger partial charge in [-0.15, -0.1) is 0 Å². The number of nitro groups is 2. The van der Waals surface area contributed by atoms with Gasteiger partial charge in [-0.1, -0.05) is 0 Å². The number of phenolic OH excluding ortho intramolecular Hbond substituents is 1. The molecule has 186 valence electrons. The summed E-state index contributed by atoms with van der Waals surface area (Å²) in [4.78, 5) is 33.1. The van der Waals surface area contributed by atoms with Crippen LogP contribution < -0.4 is 16.8 Å². The van der Waals surface area contributed by atoms with Crippen LogP contribution in [0.25, 0.3) is 10.8 Å². The third kappa shape index (κ3) is 7.50. The number of fused-ring (bicyclic) bond motifs is 1. The van der Waals surface area contributed by atoms with E-state index in [0.29, 0.717) is 31.4 Å². The van der Waals surface area contributed by atoms with Crippen LogP contribution in [0.15, 0.2) is 34.2 Å². The third-order valence-electron chi connectivity index (χ3n) is 4.29. The van der Waals surface area contributed by atoms with Gasteiger partial charge < -0.3 is 27.0 Å². The van der Waals surface area contributed by atoms with Gasteiger partial charge in [0, 0.05) is 19.0 Å². The first-order chi connectivity index (χ1) is 15.7. The van der Waals surface area contributed by atoms with E-state index in [9.17, 15) is 38.5 Å². The van der Waals surface area contributed by atoms with E-state index >= 15 is 0 Å². The van der Waals surface area contributed by atoms with E-state index in [-0.39, 0.29) is 5.39 Å². The molecule has 0 heterocycles. The average Bonchev–Trinajstić information content (AvgIpc) is 2.75. The minimum absolute atomic E-state index is 0.199. The molecule has 0 spiro atoms. The molecule has 0 saturated heterocycles. The summed E-state index contributed by atoms with van der Waals surface area (Å²) < 4.78 is 31.0. The molecular formula is C17H22N6O10S. The summed E-state index contributed by atoms with van der Waals surface area (Å²) in [5.41, 5.74) is 9.01. The first kappa shape index (κ1) is 27.9. The zero-order valence-corrected chi connectivity index (χ0v) is 18.4. The number of nitrogens with one attached hydrogen (secondary N) is 1. The number of hydrogen-bond donors (Lipinski definition) is 6. The number of carboxylic acids is 1. The summed E-state index contributed by atoms with van der Waals surface area (Å²) >= 11 is 0. The predicted molar refractivity (Wildman–Crippen MR) is 119 cm³/mol. The van der Waals surface area contributed by atoms with Crippen molar-refractivity contribution in [1.29, 1.82) is 0 Å². The monoisotopic (exact) mass is 502 g/mol. The number of carbonyl (C=O) groups is 1. The minimum atomic E-state index is -4.63. The Hall–Kier alpha value is -4.09. The molecule has 8 N–H and O–H groups in total. The van der Waals surface area contributed by atoms with Gasteiger partial charge in [0.25, 0.3) is 15.8 Å². The van der Waals surface area contributed by atoms with Crippen molar-refractivity contribution in [2.45, 2.75) is 23.8 Å². The highest BCUT2D eigenvalue weighted by Crippen LogP contribution is 2.40. The van der Waals surface area contributed by atoms with Crippen molar-refractivity contribution in [2.24, 2.45) is 16.5 Å². The molecule has 0 aliphatic carbocycles. The lowest BCUT2D eigenvalue weighted by molar-refractivity contribution is -0.393. The highest BCUT2D eigenvalue weighted by Gasteiger charge is 2.26. The molecule has 1 atom stereocenters. The predicted octanol–water partition coefficient (Wildman–Crippen LogP) is 0.321. The molecule has 0 amide bonds. The fourth-order valence-corrected chi connectivity index (χ4v) is 3.05. The van der Waals surface area contributed by atoms with Crippen LogP contribution in [0, 0.1) is 20.2 Å².